The van der Waals surface area contributed by atoms with Crippen LogP contribution in [-0.2, 0) is 0 Å². The second kappa shape index (κ2) is 6.00. The van der Waals surface area contributed by atoms with Crippen LogP contribution in [0.15, 0.2) is 23.3 Å². The van der Waals surface area contributed by atoms with E-state index in [1.165, 1.54) is 0 Å². The molecule has 0 saturated carbocycles. The molecular weight excluding hydrogens is 204 g/mol. The number of hydrogen-bond donors (Lipinski definition) is 1. The lowest BCUT2D eigenvalue weighted by Crippen LogP contribution is -2.05. The normalized spacial score (nSPS) is 11.0. The molecule has 0 aromatic heterocycles. The van der Waals surface area contributed by atoms with Gasteiger partial charge in [0.1, 0.15) is 0 Å². The first-order chi connectivity index (χ1) is 7.67. The quantitative estimate of drug-likeness (QED) is 0.471. The summed E-state index contributed by atoms with van der Waals surface area (Å²) in [6.45, 7) is 4.87. The van der Waals surface area contributed by atoms with E-state index in [-0.39, 0.29) is 0 Å². The van der Waals surface area contributed by atoms with Crippen molar-refractivity contribution in [2.45, 2.75) is 13.8 Å². The molecule has 0 aliphatic heterocycles. The number of nitrogens with two attached hydrogens (primary N) is 1. The minimum absolute atomic E-state index is 0.481. The molecule has 4 nitrogen and oxygen atoms in total. The average Bonchev–Trinajstić information content (AvgIpc) is 2.27. The molecule has 0 radical (unpaired) electrons. The van der Waals surface area contributed by atoms with E-state index in [0.717, 1.165) is 11.3 Å². The minimum atomic E-state index is 0.481. The van der Waals surface area contributed by atoms with Crippen molar-refractivity contribution in [1.82, 2.24) is 0 Å². The first-order valence-corrected chi connectivity index (χ1v) is 5.21. The van der Waals surface area contributed by atoms with Crippen LogP contribution in [0.3, 0.4) is 0 Å². The standard InChI is InChI=1S/C12H18N2O2/c1-9(2)8-16-11-5-4-10(7-14-13)6-12(11)15-3/h4-7,9H,8,13H2,1-3H3. The van der Waals surface area contributed by atoms with Crippen LogP contribution in [0.1, 0.15) is 19.4 Å². The van der Waals surface area contributed by atoms with Gasteiger partial charge in [-0.2, -0.15) is 5.10 Å². The van der Waals surface area contributed by atoms with E-state index in [1.807, 2.05) is 18.2 Å². The molecule has 88 valence electrons. The monoisotopic (exact) mass is 222 g/mol. The molecule has 0 bridgehead atoms. The molecule has 4 heteroatoms. The summed E-state index contributed by atoms with van der Waals surface area (Å²) in [5.74, 6) is 7.00. The average molecular weight is 222 g/mol. The molecular formula is C12H18N2O2. The topological polar surface area (TPSA) is 56.8 Å². The largest absolute Gasteiger partial charge is 0.493 e. The van der Waals surface area contributed by atoms with Gasteiger partial charge >= 0.3 is 0 Å². The number of hydrogen-bond acceptors (Lipinski definition) is 4. The van der Waals surface area contributed by atoms with Crippen LogP contribution in [0.25, 0.3) is 0 Å². The lowest BCUT2D eigenvalue weighted by Gasteiger charge is -2.12. The first kappa shape index (κ1) is 12.4. The Morgan fingerprint density at radius 3 is 2.69 bits per heavy atom. The van der Waals surface area contributed by atoms with Gasteiger partial charge in [-0.1, -0.05) is 13.8 Å². The first-order valence-electron chi connectivity index (χ1n) is 5.21. The molecule has 0 aliphatic carbocycles. The Morgan fingerprint density at radius 1 is 1.38 bits per heavy atom. The maximum Gasteiger partial charge on any atom is 0.161 e. The number of rotatable bonds is 5. The van der Waals surface area contributed by atoms with Gasteiger partial charge in [-0.25, -0.2) is 0 Å². The fraction of sp³-hybridized carbons (Fsp3) is 0.417. The van der Waals surface area contributed by atoms with Gasteiger partial charge in [0.05, 0.1) is 19.9 Å². The molecule has 1 aromatic rings. The van der Waals surface area contributed by atoms with Crippen LogP contribution >= 0.6 is 0 Å². The van der Waals surface area contributed by atoms with E-state index in [1.54, 1.807) is 13.3 Å². The zero-order valence-electron chi connectivity index (χ0n) is 9.93. The third-order valence-corrected chi connectivity index (χ3v) is 1.98. The summed E-state index contributed by atoms with van der Waals surface area (Å²) in [5.41, 5.74) is 0.885. The summed E-state index contributed by atoms with van der Waals surface area (Å²) in [6.07, 6.45) is 1.56. The predicted molar refractivity (Wildman–Crippen MR) is 65.1 cm³/mol. The van der Waals surface area contributed by atoms with Gasteiger partial charge in [0.2, 0.25) is 0 Å². The maximum absolute atomic E-state index is 5.62. The van der Waals surface area contributed by atoms with Crippen LogP contribution in [0.5, 0.6) is 11.5 Å². The van der Waals surface area contributed by atoms with Crippen molar-refractivity contribution in [3.8, 4) is 11.5 Å². The van der Waals surface area contributed by atoms with Crippen LogP contribution in [-0.4, -0.2) is 19.9 Å². The number of benzene rings is 1. The second-order valence-electron chi connectivity index (χ2n) is 3.89. The molecule has 0 saturated heterocycles. The SMILES string of the molecule is COc1cc(C=NN)ccc1OCC(C)C. The van der Waals surface area contributed by atoms with E-state index in [0.29, 0.717) is 18.3 Å². The Bertz CT molecular complexity index is 362. The fourth-order valence-corrected chi connectivity index (χ4v) is 1.23. The Hall–Kier alpha value is -1.71. The third-order valence-electron chi connectivity index (χ3n) is 1.98. The molecule has 16 heavy (non-hydrogen) atoms. The molecule has 0 unspecified atom stereocenters. The van der Waals surface area contributed by atoms with Crippen LogP contribution < -0.4 is 15.3 Å². The molecule has 1 aromatic carbocycles. The summed E-state index contributed by atoms with van der Waals surface area (Å²) in [7, 11) is 1.61. The molecule has 0 amide bonds. The number of methoxy groups -OCH3 is 1. The van der Waals surface area contributed by atoms with Crippen LogP contribution in [0.2, 0.25) is 0 Å². The molecule has 2 N–H and O–H groups in total. The van der Waals surface area contributed by atoms with Crippen molar-refractivity contribution in [1.29, 1.82) is 0 Å². The third kappa shape index (κ3) is 3.46. The Morgan fingerprint density at radius 2 is 2.12 bits per heavy atom. The van der Waals surface area contributed by atoms with Gasteiger partial charge in [0.25, 0.3) is 0 Å². The minimum Gasteiger partial charge on any atom is -0.493 e. The summed E-state index contributed by atoms with van der Waals surface area (Å²) < 4.78 is 10.9. The van der Waals surface area contributed by atoms with Crippen molar-refractivity contribution in [2.24, 2.45) is 16.9 Å². The van der Waals surface area contributed by atoms with Gasteiger partial charge in [0.15, 0.2) is 11.5 Å². The van der Waals surface area contributed by atoms with Crippen molar-refractivity contribution in [2.75, 3.05) is 13.7 Å². The summed E-state index contributed by atoms with van der Waals surface area (Å²) in [4.78, 5) is 0. The number of ether oxygens (including phenoxy) is 2. The van der Waals surface area contributed by atoms with Crippen LogP contribution in [0.4, 0.5) is 0 Å². The molecule has 0 atom stereocenters. The van der Waals surface area contributed by atoms with Crippen molar-refractivity contribution < 1.29 is 9.47 Å². The van der Waals surface area contributed by atoms with E-state index < -0.39 is 0 Å². The highest BCUT2D eigenvalue weighted by molar-refractivity contribution is 5.80. The van der Waals surface area contributed by atoms with Crippen molar-refractivity contribution in [3.63, 3.8) is 0 Å². The Labute approximate surface area is 96.1 Å². The molecule has 0 spiro atoms. The molecule has 1 rings (SSSR count). The lowest BCUT2D eigenvalue weighted by atomic mass is 10.2. The Kier molecular flexibility index (Phi) is 4.64. The van der Waals surface area contributed by atoms with Crippen molar-refractivity contribution in [3.05, 3.63) is 23.8 Å². The predicted octanol–water partition coefficient (Wildman–Crippen LogP) is 2.02. The van der Waals surface area contributed by atoms with E-state index in [2.05, 4.69) is 18.9 Å². The molecule has 0 heterocycles. The second-order valence-corrected chi connectivity index (χ2v) is 3.89. The van der Waals surface area contributed by atoms with Gasteiger partial charge in [0, 0.05) is 0 Å². The number of hydrazone groups is 1. The van der Waals surface area contributed by atoms with Crippen LogP contribution in [0, 0.1) is 5.92 Å². The number of nitrogens with zero attached hydrogens (tertiary/aromatic N) is 1. The molecule has 0 fully saturated rings. The summed E-state index contributed by atoms with van der Waals surface area (Å²) in [5, 5.41) is 3.46. The van der Waals surface area contributed by atoms with Gasteiger partial charge < -0.3 is 15.3 Å². The highest BCUT2D eigenvalue weighted by atomic mass is 16.5. The van der Waals surface area contributed by atoms with E-state index in [4.69, 9.17) is 15.3 Å². The molecule has 0 aliphatic rings. The van der Waals surface area contributed by atoms with Gasteiger partial charge in [-0.3, -0.25) is 0 Å². The summed E-state index contributed by atoms with van der Waals surface area (Å²) in [6, 6.07) is 5.58. The zero-order valence-corrected chi connectivity index (χ0v) is 9.93. The van der Waals surface area contributed by atoms with E-state index >= 15 is 0 Å². The van der Waals surface area contributed by atoms with Gasteiger partial charge in [-0.05, 0) is 29.7 Å². The van der Waals surface area contributed by atoms with Gasteiger partial charge in [-0.15, -0.1) is 0 Å². The van der Waals surface area contributed by atoms with Crippen molar-refractivity contribution >= 4 is 6.21 Å². The fourth-order valence-electron chi connectivity index (χ4n) is 1.23. The summed E-state index contributed by atoms with van der Waals surface area (Å²) >= 11 is 0. The Balaban J connectivity index is 2.84. The maximum atomic E-state index is 5.62. The van der Waals surface area contributed by atoms with E-state index in [9.17, 15) is 0 Å². The lowest BCUT2D eigenvalue weighted by molar-refractivity contribution is 0.257. The highest BCUT2D eigenvalue weighted by Gasteiger charge is 2.05. The smallest absolute Gasteiger partial charge is 0.161 e. The zero-order chi connectivity index (χ0) is 12.0. The highest BCUT2D eigenvalue weighted by Crippen LogP contribution is 2.27.